The summed E-state index contributed by atoms with van der Waals surface area (Å²) in [5, 5.41) is 6.35. The van der Waals surface area contributed by atoms with E-state index in [1.165, 1.54) is 17.5 Å². The average Bonchev–Trinajstić information content (AvgIpc) is 3.66. The zero-order valence-corrected chi connectivity index (χ0v) is 21.9. The van der Waals surface area contributed by atoms with Crippen LogP contribution in [0.2, 0.25) is 0 Å². The molecule has 2 aliphatic carbocycles. The molecule has 3 saturated heterocycles. The van der Waals surface area contributed by atoms with Crippen molar-refractivity contribution >= 4 is 40.7 Å². The van der Waals surface area contributed by atoms with Crippen molar-refractivity contribution in [1.29, 1.82) is 0 Å². The predicted octanol–water partition coefficient (Wildman–Crippen LogP) is 1.94. The normalized spacial score (nSPS) is 27.8. The molecule has 38 heavy (non-hydrogen) atoms. The Balaban J connectivity index is 1.10. The first-order valence-electron chi connectivity index (χ1n) is 13.3. The van der Waals surface area contributed by atoms with E-state index in [1.54, 1.807) is 22.4 Å². The topological polar surface area (TPSA) is 118 Å². The van der Waals surface area contributed by atoms with Crippen molar-refractivity contribution in [3.63, 3.8) is 0 Å². The van der Waals surface area contributed by atoms with E-state index in [0.29, 0.717) is 41.7 Å². The van der Waals surface area contributed by atoms with Gasteiger partial charge in [0.1, 0.15) is 29.2 Å². The van der Waals surface area contributed by atoms with Gasteiger partial charge in [0.05, 0.1) is 24.4 Å². The van der Waals surface area contributed by atoms with Crippen LogP contribution in [0.3, 0.4) is 0 Å². The van der Waals surface area contributed by atoms with E-state index >= 15 is 0 Å². The van der Waals surface area contributed by atoms with Gasteiger partial charge in [0.25, 0.3) is 11.5 Å². The molecule has 8 rings (SSSR count). The average molecular weight is 533 g/mol. The maximum atomic E-state index is 13.6. The van der Waals surface area contributed by atoms with Crippen LogP contribution in [0, 0.1) is 12.8 Å². The first-order chi connectivity index (χ1) is 18.4. The molecule has 2 aromatic rings. The molecular formula is C27H28N6O4S. The van der Waals surface area contributed by atoms with Crippen LogP contribution >= 0.6 is 11.8 Å². The Hall–Kier alpha value is -3.18. The standard InChI is InChI=1S/C27H28N6O4S/c1-13-4-20(26(36)33-22(13)24(34)31-27(33)10-38-11-27)30-23-21-18-3-2-14(5-15(18)6-19(21)28-12-29-23)25(35)32-8-17-7-16(32)9-37-17/h4,12,14,16-17H,2-3,5-11H2,1H3,(H,31,34)(H,28,29,30)/t14-,16+,17+/m0/s1. The maximum absolute atomic E-state index is 13.6. The minimum absolute atomic E-state index is 0.00245. The highest BCUT2D eigenvalue weighted by Crippen LogP contribution is 2.46. The molecule has 2 amide bonds. The number of aromatic nitrogens is 3. The molecule has 2 aromatic heterocycles. The van der Waals surface area contributed by atoms with Crippen molar-refractivity contribution in [2.24, 2.45) is 5.92 Å². The number of fused-ring (bicyclic) bond motifs is 6. The van der Waals surface area contributed by atoms with Gasteiger partial charge in [-0.3, -0.25) is 19.0 Å². The Kier molecular flexibility index (Phi) is 4.75. The van der Waals surface area contributed by atoms with Gasteiger partial charge < -0.3 is 20.3 Å². The van der Waals surface area contributed by atoms with Gasteiger partial charge in [-0.15, -0.1) is 0 Å². The van der Waals surface area contributed by atoms with Gasteiger partial charge in [-0.25, -0.2) is 9.97 Å². The minimum atomic E-state index is -0.633. The zero-order valence-electron chi connectivity index (χ0n) is 21.1. The van der Waals surface area contributed by atoms with Crippen LogP contribution in [-0.4, -0.2) is 68.1 Å². The summed E-state index contributed by atoms with van der Waals surface area (Å²) in [6.07, 6.45) is 5.76. The SMILES string of the molecule is Cc1cc(Nc2ncnc3c2C2=C(C3)C[C@@H](C(=O)N3C[C@H]4C[C@@H]3CO4)CC2)c(=O)n2c1C(=O)NC21CSC1. The van der Waals surface area contributed by atoms with Crippen LogP contribution in [0.5, 0.6) is 0 Å². The summed E-state index contributed by atoms with van der Waals surface area (Å²) in [6.45, 7) is 3.25. The third-order valence-electron chi connectivity index (χ3n) is 9.12. The number of pyridine rings is 1. The molecule has 196 valence electrons. The van der Waals surface area contributed by atoms with Crippen LogP contribution in [0.1, 0.15) is 53.0 Å². The second-order valence-corrected chi connectivity index (χ2v) is 12.4. The summed E-state index contributed by atoms with van der Waals surface area (Å²) >= 11 is 1.71. The van der Waals surface area contributed by atoms with Crippen molar-refractivity contribution in [2.45, 2.75) is 56.8 Å². The smallest absolute Gasteiger partial charge is 0.276 e. The van der Waals surface area contributed by atoms with E-state index in [1.807, 2.05) is 6.92 Å². The molecule has 3 fully saturated rings. The lowest BCUT2D eigenvalue weighted by Crippen LogP contribution is -2.57. The van der Waals surface area contributed by atoms with Crippen molar-refractivity contribution < 1.29 is 14.3 Å². The van der Waals surface area contributed by atoms with Crippen molar-refractivity contribution in [3.05, 3.63) is 50.8 Å². The second kappa shape index (κ2) is 7.92. The summed E-state index contributed by atoms with van der Waals surface area (Å²) in [5.41, 5.74) is 5.13. The third-order valence-corrected chi connectivity index (χ3v) is 10.5. The van der Waals surface area contributed by atoms with Crippen LogP contribution in [0.15, 0.2) is 22.8 Å². The highest BCUT2D eigenvalue weighted by atomic mass is 32.2. The van der Waals surface area contributed by atoms with Crippen molar-refractivity contribution in [3.8, 4) is 0 Å². The Bertz CT molecular complexity index is 1530. The van der Waals surface area contributed by atoms with Crippen LogP contribution < -0.4 is 16.2 Å². The number of allylic oxidation sites excluding steroid dienone is 2. The monoisotopic (exact) mass is 532 g/mol. The molecule has 0 radical (unpaired) electrons. The van der Waals surface area contributed by atoms with E-state index in [-0.39, 0.29) is 35.4 Å². The zero-order chi connectivity index (χ0) is 25.8. The number of ether oxygens (including phenoxy) is 1. The Morgan fingerprint density at radius 1 is 1.29 bits per heavy atom. The van der Waals surface area contributed by atoms with Crippen LogP contribution in [0.4, 0.5) is 11.5 Å². The third kappa shape index (κ3) is 3.08. The van der Waals surface area contributed by atoms with E-state index in [9.17, 15) is 14.4 Å². The number of nitrogens with one attached hydrogen (secondary N) is 2. The summed E-state index contributed by atoms with van der Waals surface area (Å²) in [6, 6.07) is 1.99. The highest BCUT2D eigenvalue weighted by Gasteiger charge is 2.50. The molecule has 4 aliphatic heterocycles. The largest absolute Gasteiger partial charge is 0.374 e. The number of aryl methyl sites for hydroxylation is 1. The predicted molar refractivity (Wildman–Crippen MR) is 141 cm³/mol. The first-order valence-corrected chi connectivity index (χ1v) is 14.5. The van der Waals surface area contributed by atoms with E-state index in [0.717, 1.165) is 49.0 Å². The fraction of sp³-hybridized carbons (Fsp3) is 0.519. The minimum Gasteiger partial charge on any atom is -0.374 e. The van der Waals surface area contributed by atoms with Gasteiger partial charge in [0.2, 0.25) is 5.91 Å². The van der Waals surface area contributed by atoms with E-state index < -0.39 is 5.66 Å². The summed E-state index contributed by atoms with van der Waals surface area (Å²) in [4.78, 5) is 50.8. The quantitative estimate of drug-likeness (QED) is 0.616. The van der Waals surface area contributed by atoms with E-state index in [2.05, 4.69) is 25.5 Å². The number of nitrogens with zero attached hydrogens (tertiary/aromatic N) is 4. The number of carbonyl (C=O) groups is 2. The molecule has 10 nitrogen and oxygen atoms in total. The molecule has 3 atom stereocenters. The molecule has 6 heterocycles. The van der Waals surface area contributed by atoms with E-state index in [4.69, 9.17) is 4.74 Å². The number of hydrogen-bond donors (Lipinski definition) is 2. The first kappa shape index (κ1) is 22.8. The Morgan fingerprint density at radius 3 is 2.89 bits per heavy atom. The van der Waals surface area contributed by atoms with Gasteiger partial charge >= 0.3 is 0 Å². The van der Waals surface area contributed by atoms with Gasteiger partial charge in [-0.05, 0) is 49.8 Å². The molecule has 2 bridgehead atoms. The summed E-state index contributed by atoms with van der Waals surface area (Å²) in [5.74, 6) is 2.05. The maximum Gasteiger partial charge on any atom is 0.276 e. The Labute approximate surface area is 223 Å². The highest BCUT2D eigenvalue weighted by molar-refractivity contribution is 8.00. The summed E-state index contributed by atoms with van der Waals surface area (Å²) in [7, 11) is 0. The summed E-state index contributed by atoms with van der Waals surface area (Å²) < 4.78 is 7.33. The number of carbonyl (C=O) groups excluding carboxylic acids is 2. The van der Waals surface area contributed by atoms with Crippen LogP contribution in [-0.2, 0) is 21.6 Å². The van der Waals surface area contributed by atoms with Crippen LogP contribution in [0.25, 0.3) is 5.57 Å². The molecule has 0 aromatic carbocycles. The molecule has 0 saturated carbocycles. The van der Waals surface area contributed by atoms with Crippen molar-refractivity contribution in [1.82, 2.24) is 24.8 Å². The lowest BCUT2D eigenvalue weighted by atomic mass is 9.83. The lowest BCUT2D eigenvalue weighted by Gasteiger charge is -2.38. The van der Waals surface area contributed by atoms with Gasteiger partial charge in [0.15, 0.2) is 0 Å². The number of thioether (sulfide) groups is 1. The van der Waals surface area contributed by atoms with Gasteiger partial charge in [-0.2, -0.15) is 11.8 Å². The molecule has 11 heteroatoms. The Morgan fingerprint density at radius 2 is 2.16 bits per heavy atom. The fourth-order valence-electron chi connectivity index (χ4n) is 7.26. The molecule has 2 N–H and O–H groups in total. The molecule has 6 aliphatic rings. The molecule has 0 unspecified atom stereocenters. The number of likely N-dealkylation sites (tertiary alicyclic amines) is 1. The van der Waals surface area contributed by atoms with Gasteiger partial charge in [0, 0.05) is 36.0 Å². The number of rotatable bonds is 3. The lowest BCUT2D eigenvalue weighted by molar-refractivity contribution is -0.140. The number of morpholine rings is 1. The molecule has 1 spiro atoms. The fourth-order valence-corrected chi connectivity index (χ4v) is 8.25. The number of amides is 2. The number of hydrogen-bond acceptors (Lipinski definition) is 8. The second-order valence-electron chi connectivity index (χ2n) is 11.4. The molecular weight excluding hydrogens is 504 g/mol. The number of anilines is 2. The van der Waals surface area contributed by atoms with Crippen molar-refractivity contribution in [2.75, 3.05) is 30.0 Å². The van der Waals surface area contributed by atoms with Gasteiger partial charge in [-0.1, -0.05) is 5.57 Å².